The second kappa shape index (κ2) is 6.63. The number of hydrogen-bond donors (Lipinski definition) is 1. The zero-order valence-corrected chi connectivity index (χ0v) is 11.0. The molecule has 0 aromatic carbocycles. The summed E-state index contributed by atoms with van der Waals surface area (Å²) >= 11 is 1.86. The standard InChI is InChI=1S/C12H21N3S/c1-4-8-15-11(5-2)14-10(12(15)13)7-6-9-16-3/h4H,1,5-9,13H2,2-3H3. The van der Waals surface area contributed by atoms with Gasteiger partial charge in [-0.1, -0.05) is 13.0 Å². The smallest absolute Gasteiger partial charge is 0.127 e. The highest BCUT2D eigenvalue weighted by atomic mass is 32.2. The molecule has 0 bridgehead atoms. The predicted molar refractivity (Wildman–Crippen MR) is 72.9 cm³/mol. The first-order valence-electron chi connectivity index (χ1n) is 5.68. The van der Waals surface area contributed by atoms with Crippen LogP contribution in [0.1, 0.15) is 24.9 Å². The van der Waals surface area contributed by atoms with Crippen LogP contribution < -0.4 is 5.73 Å². The Bertz CT molecular complexity index is 344. The number of nitrogen functional groups attached to an aromatic ring is 1. The Kier molecular flexibility index (Phi) is 5.46. The van der Waals surface area contributed by atoms with Crippen molar-refractivity contribution in [2.75, 3.05) is 17.7 Å². The number of hydrogen-bond acceptors (Lipinski definition) is 3. The summed E-state index contributed by atoms with van der Waals surface area (Å²) in [5.74, 6) is 3.05. The van der Waals surface area contributed by atoms with E-state index in [0.717, 1.165) is 48.9 Å². The van der Waals surface area contributed by atoms with Crippen LogP contribution in [0.4, 0.5) is 5.82 Å². The number of aryl methyl sites for hydroxylation is 2. The van der Waals surface area contributed by atoms with E-state index in [1.807, 2.05) is 17.8 Å². The minimum absolute atomic E-state index is 0.754. The Morgan fingerprint density at radius 2 is 2.31 bits per heavy atom. The normalized spacial score (nSPS) is 10.6. The van der Waals surface area contributed by atoms with Gasteiger partial charge in [0, 0.05) is 13.0 Å². The van der Waals surface area contributed by atoms with Crippen LogP contribution in [0.25, 0.3) is 0 Å². The lowest BCUT2D eigenvalue weighted by Gasteiger charge is -2.04. The van der Waals surface area contributed by atoms with Gasteiger partial charge in [-0.15, -0.1) is 6.58 Å². The van der Waals surface area contributed by atoms with Gasteiger partial charge >= 0.3 is 0 Å². The van der Waals surface area contributed by atoms with Crippen LogP contribution in [0.3, 0.4) is 0 Å². The lowest BCUT2D eigenvalue weighted by atomic mass is 10.2. The molecule has 0 amide bonds. The molecule has 4 heteroatoms. The van der Waals surface area contributed by atoms with Crippen LogP contribution >= 0.6 is 11.8 Å². The van der Waals surface area contributed by atoms with Crippen LogP contribution in [-0.4, -0.2) is 21.6 Å². The monoisotopic (exact) mass is 239 g/mol. The van der Waals surface area contributed by atoms with Crippen molar-refractivity contribution in [3.8, 4) is 0 Å². The molecular weight excluding hydrogens is 218 g/mol. The number of imidazole rings is 1. The molecule has 90 valence electrons. The number of anilines is 1. The molecule has 1 aromatic rings. The van der Waals surface area contributed by atoms with Crippen molar-refractivity contribution in [3.05, 3.63) is 24.2 Å². The third-order valence-electron chi connectivity index (χ3n) is 2.55. The molecule has 1 heterocycles. The second-order valence-corrected chi connectivity index (χ2v) is 4.69. The van der Waals surface area contributed by atoms with Gasteiger partial charge in [0.2, 0.25) is 0 Å². The summed E-state index contributed by atoms with van der Waals surface area (Å²) in [6, 6.07) is 0. The molecule has 0 aliphatic heterocycles. The van der Waals surface area contributed by atoms with E-state index in [1.54, 1.807) is 0 Å². The van der Waals surface area contributed by atoms with Gasteiger partial charge in [0.15, 0.2) is 0 Å². The third-order valence-corrected chi connectivity index (χ3v) is 3.25. The number of allylic oxidation sites excluding steroid dienone is 1. The number of rotatable bonds is 7. The van der Waals surface area contributed by atoms with E-state index in [4.69, 9.17) is 5.73 Å². The number of aromatic nitrogens is 2. The summed E-state index contributed by atoms with van der Waals surface area (Å²) < 4.78 is 2.06. The van der Waals surface area contributed by atoms with Gasteiger partial charge in [0.1, 0.15) is 11.6 Å². The van der Waals surface area contributed by atoms with Crippen LogP contribution in [0, 0.1) is 0 Å². The van der Waals surface area contributed by atoms with Crippen LogP contribution in [0.5, 0.6) is 0 Å². The van der Waals surface area contributed by atoms with Crippen molar-refractivity contribution in [2.45, 2.75) is 32.7 Å². The predicted octanol–water partition coefficient (Wildman–Crippen LogP) is 2.51. The summed E-state index contributed by atoms with van der Waals surface area (Å²) in [7, 11) is 0. The van der Waals surface area contributed by atoms with E-state index in [1.165, 1.54) is 0 Å². The molecule has 16 heavy (non-hydrogen) atoms. The van der Waals surface area contributed by atoms with Crippen molar-refractivity contribution in [2.24, 2.45) is 0 Å². The Morgan fingerprint density at radius 3 is 2.88 bits per heavy atom. The molecule has 0 aliphatic carbocycles. The Hall–Kier alpha value is -0.900. The van der Waals surface area contributed by atoms with Gasteiger partial charge < -0.3 is 10.3 Å². The van der Waals surface area contributed by atoms with Crippen molar-refractivity contribution in [3.63, 3.8) is 0 Å². The van der Waals surface area contributed by atoms with E-state index in [2.05, 4.69) is 29.3 Å². The van der Waals surface area contributed by atoms with Gasteiger partial charge in [0.05, 0.1) is 5.69 Å². The molecule has 0 saturated carbocycles. The minimum atomic E-state index is 0.754. The topological polar surface area (TPSA) is 43.8 Å². The average molecular weight is 239 g/mol. The first kappa shape index (κ1) is 13.2. The molecule has 0 aliphatic rings. The quantitative estimate of drug-likeness (QED) is 0.587. The summed E-state index contributed by atoms with van der Waals surface area (Å²) in [4.78, 5) is 4.60. The lowest BCUT2D eigenvalue weighted by molar-refractivity contribution is 0.757. The molecule has 0 spiro atoms. The van der Waals surface area contributed by atoms with E-state index < -0.39 is 0 Å². The maximum atomic E-state index is 6.09. The van der Waals surface area contributed by atoms with Crippen molar-refractivity contribution >= 4 is 17.6 Å². The van der Waals surface area contributed by atoms with E-state index >= 15 is 0 Å². The Morgan fingerprint density at radius 1 is 1.56 bits per heavy atom. The molecule has 1 aromatic heterocycles. The van der Waals surface area contributed by atoms with E-state index in [9.17, 15) is 0 Å². The molecule has 0 saturated heterocycles. The van der Waals surface area contributed by atoms with Crippen LogP contribution in [-0.2, 0) is 19.4 Å². The van der Waals surface area contributed by atoms with Gasteiger partial charge in [0.25, 0.3) is 0 Å². The number of thioether (sulfide) groups is 1. The summed E-state index contributed by atoms with van der Waals surface area (Å²) in [5, 5.41) is 0. The summed E-state index contributed by atoms with van der Waals surface area (Å²) in [5.41, 5.74) is 7.14. The molecule has 0 unspecified atom stereocenters. The van der Waals surface area contributed by atoms with Crippen LogP contribution in [0.2, 0.25) is 0 Å². The highest BCUT2D eigenvalue weighted by Gasteiger charge is 2.11. The van der Waals surface area contributed by atoms with Gasteiger partial charge in [-0.3, -0.25) is 0 Å². The van der Waals surface area contributed by atoms with Gasteiger partial charge in [-0.05, 0) is 24.9 Å². The lowest BCUT2D eigenvalue weighted by Crippen LogP contribution is -2.05. The zero-order chi connectivity index (χ0) is 12.0. The first-order chi connectivity index (χ1) is 7.74. The second-order valence-electron chi connectivity index (χ2n) is 3.71. The fourth-order valence-electron chi connectivity index (χ4n) is 1.74. The van der Waals surface area contributed by atoms with E-state index in [-0.39, 0.29) is 0 Å². The maximum absolute atomic E-state index is 6.09. The fraction of sp³-hybridized carbons (Fsp3) is 0.583. The maximum Gasteiger partial charge on any atom is 0.127 e. The SMILES string of the molecule is C=CCn1c(CC)nc(CCCSC)c1N. The summed E-state index contributed by atoms with van der Waals surface area (Å²) in [6.45, 7) is 6.61. The number of nitrogens with two attached hydrogens (primary N) is 1. The van der Waals surface area contributed by atoms with Gasteiger partial charge in [-0.2, -0.15) is 11.8 Å². The Balaban J connectivity index is 2.80. The zero-order valence-electron chi connectivity index (χ0n) is 10.2. The molecule has 0 radical (unpaired) electrons. The molecule has 1 rings (SSSR count). The minimum Gasteiger partial charge on any atom is -0.384 e. The van der Waals surface area contributed by atoms with Crippen molar-refractivity contribution in [1.29, 1.82) is 0 Å². The summed E-state index contributed by atoms with van der Waals surface area (Å²) in [6.07, 6.45) is 7.02. The fourth-order valence-corrected chi connectivity index (χ4v) is 2.17. The molecule has 0 fully saturated rings. The molecule has 0 atom stereocenters. The highest BCUT2D eigenvalue weighted by molar-refractivity contribution is 7.98. The Labute approximate surface area is 102 Å². The molecular formula is C12H21N3S. The average Bonchev–Trinajstić information content (AvgIpc) is 2.58. The molecule has 3 nitrogen and oxygen atoms in total. The van der Waals surface area contributed by atoms with Crippen LogP contribution in [0.15, 0.2) is 12.7 Å². The highest BCUT2D eigenvalue weighted by Crippen LogP contribution is 2.17. The van der Waals surface area contributed by atoms with Crippen molar-refractivity contribution < 1.29 is 0 Å². The largest absolute Gasteiger partial charge is 0.384 e. The molecule has 2 N–H and O–H groups in total. The van der Waals surface area contributed by atoms with Gasteiger partial charge in [-0.25, -0.2) is 4.98 Å². The van der Waals surface area contributed by atoms with E-state index in [0.29, 0.717) is 0 Å². The first-order valence-corrected chi connectivity index (χ1v) is 7.07. The van der Waals surface area contributed by atoms with Crippen molar-refractivity contribution in [1.82, 2.24) is 9.55 Å². The number of nitrogens with zero attached hydrogens (tertiary/aromatic N) is 2. The third kappa shape index (κ3) is 3.04.